The van der Waals surface area contributed by atoms with Gasteiger partial charge in [0.1, 0.15) is 12.4 Å². The van der Waals surface area contributed by atoms with Crippen molar-refractivity contribution in [3.63, 3.8) is 0 Å². The molecule has 1 unspecified atom stereocenters. The number of nitrogens with zero attached hydrogens (tertiary/aromatic N) is 5. The van der Waals surface area contributed by atoms with Crippen molar-refractivity contribution in [2.24, 2.45) is 0 Å². The minimum atomic E-state index is -0.472. The predicted octanol–water partition coefficient (Wildman–Crippen LogP) is -0.340. The number of tetrazole rings is 1. The monoisotopic (exact) mass is 273 g/mol. The standard InChI is InChI=1S/C13H15N5O2/c19-11-7-17(8-11)13(20)12(18-9-14-15-16-18)6-10-4-2-1-3-5-10/h1-5,9,11-12,19H,6-8H2. The quantitative estimate of drug-likeness (QED) is 0.824. The Balaban J connectivity index is 1.79. The molecule has 1 saturated heterocycles. The molecule has 7 heteroatoms. The fourth-order valence-corrected chi connectivity index (χ4v) is 2.29. The Labute approximate surface area is 115 Å². The number of rotatable bonds is 4. The first-order chi connectivity index (χ1) is 9.74. The third-order valence-electron chi connectivity index (χ3n) is 3.42. The van der Waals surface area contributed by atoms with E-state index in [1.54, 1.807) is 4.90 Å². The van der Waals surface area contributed by atoms with Gasteiger partial charge in [0, 0.05) is 19.5 Å². The van der Waals surface area contributed by atoms with Crippen LogP contribution in [0, 0.1) is 0 Å². The van der Waals surface area contributed by atoms with Crippen LogP contribution in [0.25, 0.3) is 0 Å². The molecule has 0 radical (unpaired) electrons. The van der Waals surface area contributed by atoms with Crippen molar-refractivity contribution in [3.05, 3.63) is 42.2 Å². The average molecular weight is 273 g/mol. The number of hydrogen-bond donors (Lipinski definition) is 1. The van der Waals surface area contributed by atoms with Crippen LogP contribution in [0.3, 0.4) is 0 Å². The van der Waals surface area contributed by atoms with E-state index in [0.717, 1.165) is 5.56 Å². The molecule has 1 aromatic heterocycles. The van der Waals surface area contributed by atoms with E-state index >= 15 is 0 Å². The third-order valence-corrected chi connectivity index (χ3v) is 3.42. The second-order valence-corrected chi connectivity index (χ2v) is 4.89. The number of carbonyl (C=O) groups excluding carboxylic acids is 1. The first-order valence-corrected chi connectivity index (χ1v) is 6.47. The number of aromatic nitrogens is 4. The number of benzene rings is 1. The average Bonchev–Trinajstić information content (AvgIpc) is 2.96. The number of carbonyl (C=O) groups is 1. The Kier molecular flexibility index (Phi) is 3.42. The van der Waals surface area contributed by atoms with Crippen LogP contribution in [0.1, 0.15) is 11.6 Å². The summed E-state index contributed by atoms with van der Waals surface area (Å²) in [5.41, 5.74) is 1.04. The smallest absolute Gasteiger partial charge is 0.248 e. The van der Waals surface area contributed by atoms with Crippen molar-refractivity contribution in [2.75, 3.05) is 13.1 Å². The number of aliphatic hydroxyl groups excluding tert-OH is 1. The van der Waals surface area contributed by atoms with E-state index in [9.17, 15) is 9.90 Å². The molecule has 104 valence electrons. The fourth-order valence-electron chi connectivity index (χ4n) is 2.29. The van der Waals surface area contributed by atoms with Gasteiger partial charge in [-0.15, -0.1) is 5.10 Å². The Morgan fingerprint density at radius 3 is 2.70 bits per heavy atom. The lowest BCUT2D eigenvalue weighted by molar-refractivity contribution is -0.145. The molecule has 0 aliphatic carbocycles. The number of likely N-dealkylation sites (tertiary alicyclic amines) is 1. The summed E-state index contributed by atoms with van der Waals surface area (Å²) < 4.78 is 1.47. The number of aliphatic hydroxyl groups is 1. The molecule has 1 N–H and O–H groups in total. The highest BCUT2D eigenvalue weighted by Crippen LogP contribution is 2.19. The van der Waals surface area contributed by atoms with Crippen molar-refractivity contribution >= 4 is 5.91 Å². The molecule has 1 fully saturated rings. The molecule has 0 bridgehead atoms. The molecular formula is C13H15N5O2. The van der Waals surface area contributed by atoms with Crippen LogP contribution in [0.5, 0.6) is 0 Å². The largest absolute Gasteiger partial charge is 0.389 e. The number of β-amino-alcohol motifs (C(OH)–C–C–N with tert-alkyl or cyclic N) is 1. The van der Waals surface area contributed by atoms with Gasteiger partial charge in [0.05, 0.1) is 6.10 Å². The van der Waals surface area contributed by atoms with Gasteiger partial charge in [-0.2, -0.15) is 0 Å². The van der Waals surface area contributed by atoms with Gasteiger partial charge < -0.3 is 10.0 Å². The van der Waals surface area contributed by atoms with E-state index in [4.69, 9.17) is 0 Å². The highest BCUT2D eigenvalue weighted by Gasteiger charge is 2.34. The minimum Gasteiger partial charge on any atom is -0.389 e. The Hall–Kier alpha value is -2.28. The van der Waals surface area contributed by atoms with E-state index in [-0.39, 0.29) is 5.91 Å². The van der Waals surface area contributed by atoms with Crippen LogP contribution < -0.4 is 0 Å². The zero-order chi connectivity index (χ0) is 13.9. The number of hydrogen-bond acceptors (Lipinski definition) is 5. The van der Waals surface area contributed by atoms with Crippen LogP contribution >= 0.6 is 0 Å². The molecule has 0 saturated carbocycles. The summed E-state index contributed by atoms with van der Waals surface area (Å²) in [4.78, 5) is 14.1. The summed E-state index contributed by atoms with van der Waals surface area (Å²) in [7, 11) is 0. The highest BCUT2D eigenvalue weighted by atomic mass is 16.3. The van der Waals surface area contributed by atoms with Gasteiger partial charge in [-0.05, 0) is 16.0 Å². The molecule has 2 heterocycles. The summed E-state index contributed by atoms with van der Waals surface area (Å²) in [5.74, 6) is -0.0635. The first-order valence-electron chi connectivity index (χ1n) is 6.47. The second kappa shape index (κ2) is 5.38. The Morgan fingerprint density at radius 1 is 1.35 bits per heavy atom. The first kappa shape index (κ1) is 12.7. The predicted molar refractivity (Wildman–Crippen MR) is 69.6 cm³/mol. The van der Waals surface area contributed by atoms with Gasteiger partial charge >= 0.3 is 0 Å². The van der Waals surface area contributed by atoms with Crippen LogP contribution in [-0.2, 0) is 11.2 Å². The zero-order valence-corrected chi connectivity index (χ0v) is 10.8. The van der Waals surface area contributed by atoms with E-state index in [1.807, 2.05) is 30.3 Å². The summed E-state index contributed by atoms with van der Waals surface area (Å²) in [5, 5.41) is 20.4. The molecule has 0 spiro atoms. The summed E-state index contributed by atoms with van der Waals surface area (Å²) in [6.45, 7) is 0.762. The molecule has 2 aromatic rings. The van der Waals surface area contributed by atoms with Crippen LogP contribution in [-0.4, -0.2) is 55.3 Å². The fraction of sp³-hybridized carbons (Fsp3) is 0.385. The SMILES string of the molecule is O=C(C(Cc1ccccc1)n1cnnn1)N1CC(O)C1. The Bertz CT molecular complexity index is 566. The van der Waals surface area contributed by atoms with E-state index in [1.165, 1.54) is 11.0 Å². The van der Waals surface area contributed by atoms with Gasteiger partial charge in [-0.25, -0.2) is 4.68 Å². The van der Waals surface area contributed by atoms with E-state index in [0.29, 0.717) is 19.5 Å². The van der Waals surface area contributed by atoms with E-state index in [2.05, 4.69) is 15.5 Å². The van der Waals surface area contributed by atoms with E-state index < -0.39 is 12.1 Å². The zero-order valence-electron chi connectivity index (χ0n) is 10.8. The van der Waals surface area contributed by atoms with Crippen LogP contribution in [0.4, 0.5) is 0 Å². The van der Waals surface area contributed by atoms with Gasteiger partial charge in [-0.1, -0.05) is 30.3 Å². The Morgan fingerprint density at radius 2 is 2.10 bits per heavy atom. The molecule has 3 rings (SSSR count). The normalized spacial score (nSPS) is 16.8. The maximum absolute atomic E-state index is 12.5. The number of amides is 1. The summed E-state index contributed by atoms with van der Waals surface area (Å²) in [6, 6.07) is 9.27. The molecule has 7 nitrogen and oxygen atoms in total. The lowest BCUT2D eigenvalue weighted by atomic mass is 10.0. The highest BCUT2D eigenvalue weighted by molar-refractivity contribution is 5.81. The van der Waals surface area contributed by atoms with Gasteiger partial charge in [-0.3, -0.25) is 4.79 Å². The van der Waals surface area contributed by atoms with Crippen molar-refractivity contribution in [1.29, 1.82) is 0 Å². The molecule has 1 aromatic carbocycles. The lowest BCUT2D eigenvalue weighted by Crippen LogP contribution is -2.55. The van der Waals surface area contributed by atoms with Crippen molar-refractivity contribution in [3.8, 4) is 0 Å². The topological polar surface area (TPSA) is 84.1 Å². The van der Waals surface area contributed by atoms with Crippen molar-refractivity contribution in [1.82, 2.24) is 25.1 Å². The van der Waals surface area contributed by atoms with Crippen LogP contribution in [0.2, 0.25) is 0 Å². The molecule has 1 atom stereocenters. The maximum Gasteiger partial charge on any atom is 0.248 e. The van der Waals surface area contributed by atoms with Gasteiger partial charge in [0.2, 0.25) is 5.91 Å². The van der Waals surface area contributed by atoms with Crippen molar-refractivity contribution < 1.29 is 9.90 Å². The van der Waals surface area contributed by atoms with Crippen LogP contribution in [0.15, 0.2) is 36.7 Å². The molecule has 1 amide bonds. The third kappa shape index (κ3) is 2.53. The lowest BCUT2D eigenvalue weighted by Gasteiger charge is -2.37. The van der Waals surface area contributed by atoms with Crippen molar-refractivity contribution in [2.45, 2.75) is 18.6 Å². The summed E-state index contributed by atoms with van der Waals surface area (Å²) in [6.07, 6.45) is 1.56. The van der Waals surface area contributed by atoms with Gasteiger partial charge in [0.15, 0.2) is 0 Å². The minimum absolute atomic E-state index is 0.0635. The molecular weight excluding hydrogens is 258 g/mol. The van der Waals surface area contributed by atoms with Gasteiger partial charge in [0.25, 0.3) is 0 Å². The molecule has 1 aliphatic rings. The molecule has 20 heavy (non-hydrogen) atoms. The second-order valence-electron chi connectivity index (χ2n) is 4.89. The molecule has 1 aliphatic heterocycles. The maximum atomic E-state index is 12.5. The summed E-state index contributed by atoms with van der Waals surface area (Å²) >= 11 is 0.